The largest absolute Gasteiger partial charge is 0.362 e. The highest BCUT2D eigenvalue weighted by molar-refractivity contribution is 5.91. The maximum atomic E-state index is 12.1. The van der Waals surface area contributed by atoms with Gasteiger partial charge in [-0.15, -0.1) is 0 Å². The van der Waals surface area contributed by atoms with Crippen molar-refractivity contribution in [2.45, 2.75) is 46.6 Å². The zero-order chi connectivity index (χ0) is 10.9. The van der Waals surface area contributed by atoms with Crippen LogP contribution in [0.25, 0.3) is 0 Å². The predicted octanol–water partition coefficient (Wildman–Crippen LogP) is 2.66. The second kappa shape index (κ2) is 4.01. The Morgan fingerprint density at radius 1 is 1.36 bits per heavy atom. The first kappa shape index (κ1) is 11.7. The molecule has 0 aliphatic carbocycles. The van der Waals surface area contributed by atoms with Crippen molar-refractivity contribution in [3.63, 3.8) is 0 Å². The van der Waals surface area contributed by atoms with Crippen LogP contribution in [-0.4, -0.2) is 18.0 Å². The standard InChI is InChI=1S/C12H22O2/c1-8(2)6-10(9(3)4)11(13)12(5)7-14-12/h8-10H,6-7H2,1-5H3/t10-,12+/m1/s1. The SMILES string of the molecule is CC(C)C[C@@H](C(=O)[C@]1(C)CO1)C(C)C. The van der Waals surface area contributed by atoms with Gasteiger partial charge in [-0.25, -0.2) is 0 Å². The Morgan fingerprint density at radius 2 is 1.86 bits per heavy atom. The Kier molecular flexibility index (Phi) is 3.36. The minimum absolute atomic E-state index is 0.169. The molecular weight excluding hydrogens is 176 g/mol. The third-order valence-electron chi connectivity index (χ3n) is 2.97. The van der Waals surface area contributed by atoms with Gasteiger partial charge in [-0.05, 0) is 25.2 Å². The molecule has 14 heavy (non-hydrogen) atoms. The average Bonchev–Trinajstić information content (AvgIpc) is 2.79. The normalized spacial score (nSPS) is 28.2. The Morgan fingerprint density at radius 3 is 2.14 bits per heavy atom. The number of carbonyl (C=O) groups is 1. The van der Waals surface area contributed by atoms with E-state index in [-0.39, 0.29) is 5.92 Å². The van der Waals surface area contributed by atoms with Gasteiger partial charge in [-0.2, -0.15) is 0 Å². The van der Waals surface area contributed by atoms with Crippen LogP contribution in [0.2, 0.25) is 0 Å². The molecule has 1 saturated heterocycles. The molecular formula is C12H22O2. The van der Waals surface area contributed by atoms with E-state index >= 15 is 0 Å². The van der Waals surface area contributed by atoms with Gasteiger partial charge in [-0.3, -0.25) is 4.79 Å². The first-order chi connectivity index (χ1) is 6.37. The molecule has 0 amide bonds. The summed E-state index contributed by atoms with van der Waals surface area (Å²) in [5.41, 5.74) is -0.441. The van der Waals surface area contributed by atoms with Gasteiger partial charge in [-0.1, -0.05) is 27.7 Å². The third-order valence-corrected chi connectivity index (χ3v) is 2.97. The quantitative estimate of drug-likeness (QED) is 0.636. The highest BCUT2D eigenvalue weighted by atomic mass is 16.6. The number of epoxide rings is 1. The predicted molar refractivity (Wildman–Crippen MR) is 57.1 cm³/mol. The lowest BCUT2D eigenvalue weighted by atomic mass is 9.80. The molecule has 1 rings (SSSR count). The molecule has 2 nitrogen and oxygen atoms in total. The minimum atomic E-state index is -0.441. The first-order valence-corrected chi connectivity index (χ1v) is 5.55. The molecule has 1 fully saturated rings. The Bertz CT molecular complexity index is 214. The van der Waals surface area contributed by atoms with E-state index < -0.39 is 5.60 Å². The zero-order valence-electron chi connectivity index (χ0n) is 9.96. The van der Waals surface area contributed by atoms with Crippen LogP contribution in [0.5, 0.6) is 0 Å². The fraction of sp³-hybridized carbons (Fsp3) is 0.917. The number of rotatable bonds is 5. The van der Waals surface area contributed by atoms with E-state index in [1.165, 1.54) is 0 Å². The molecule has 2 atom stereocenters. The second-order valence-corrected chi connectivity index (χ2v) is 5.36. The molecule has 82 valence electrons. The van der Waals surface area contributed by atoms with Crippen LogP contribution in [0.15, 0.2) is 0 Å². The molecule has 0 aromatic heterocycles. The van der Waals surface area contributed by atoms with Crippen LogP contribution in [0.3, 0.4) is 0 Å². The van der Waals surface area contributed by atoms with Crippen molar-refractivity contribution in [3.05, 3.63) is 0 Å². The van der Waals surface area contributed by atoms with Crippen molar-refractivity contribution in [1.82, 2.24) is 0 Å². The summed E-state index contributed by atoms with van der Waals surface area (Å²) in [6.45, 7) is 11.1. The monoisotopic (exact) mass is 198 g/mol. The molecule has 0 spiro atoms. The van der Waals surface area contributed by atoms with E-state index in [1.807, 2.05) is 6.92 Å². The van der Waals surface area contributed by atoms with Crippen molar-refractivity contribution in [1.29, 1.82) is 0 Å². The number of hydrogen-bond donors (Lipinski definition) is 0. The maximum Gasteiger partial charge on any atom is 0.170 e. The van der Waals surface area contributed by atoms with Gasteiger partial charge in [0.05, 0.1) is 6.61 Å². The lowest BCUT2D eigenvalue weighted by molar-refractivity contribution is -0.129. The van der Waals surface area contributed by atoms with E-state index in [1.54, 1.807) is 0 Å². The molecule has 1 aliphatic rings. The summed E-state index contributed by atoms with van der Waals surface area (Å²) in [5, 5.41) is 0. The van der Waals surface area contributed by atoms with Gasteiger partial charge in [0.2, 0.25) is 0 Å². The summed E-state index contributed by atoms with van der Waals surface area (Å²) in [5.74, 6) is 1.48. The van der Waals surface area contributed by atoms with E-state index in [4.69, 9.17) is 4.74 Å². The number of Topliss-reactive ketones (excluding diaryl/α,β-unsaturated/α-hetero) is 1. The summed E-state index contributed by atoms with van der Waals surface area (Å²) < 4.78 is 5.22. The molecule has 0 unspecified atom stereocenters. The average molecular weight is 198 g/mol. The van der Waals surface area contributed by atoms with Crippen LogP contribution in [0, 0.1) is 17.8 Å². The summed E-state index contributed by atoms with van der Waals surface area (Å²) >= 11 is 0. The second-order valence-electron chi connectivity index (χ2n) is 5.36. The molecule has 0 aromatic rings. The molecule has 1 aliphatic heterocycles. The lowest BCUT2D eigenvalue weighted by Crippen LogP contribution is -2.32. The van der Waals surface area contributed by atoms with Crippen molar-refractivity contribution < 1.29 is 9.53 Å². The van der Waals surface area contributed by atoms with Crippen molar-refractivity contribution in [2.75, 3.05) is 6.61 Å². The van der Waals surface area contributed by atoms with Gasteiger partial charge in [0, 0.05) is 5.92 Å². The van der Waals surface area contributed by atoms with E-state index in [9.17, 15) is 4.79 Å². The van der Waals surface area contributed by atoms with Crippen molar-refractivity contribution >= 4 is 5.78 Å². The highest BCUT2D eigenvalue weighted by Gasteiger charge is 2.49. The molecule has 0 saturated carbocycles. The van der Waals surface area contributed by atoms with Crippen LogP contribution >= 0.6 is 0 Å². The fourth-order valence-corrected chi connectivity index (χ4v) is 1.83. The van der Waals surface area contributed by atoms with Crippen LogP contribution < -0.4 is 0 Å². The van der Waals surface area contributed by atoms with Crippen LogP contribution in [0.1, 0.15) is 41.0 Å². The van der Waals surface area contributed by atoms with Crippen molar-refractivity contribution in [2.24, 2.45) is 17.8 Å². The zero-order valence-corrected chi connectivity index (χ0v) is 9.96. The number of ketones is 1. The van der Waals surface area contributed by atoms with E-state index in [2.05, 4.69) is 27.7 Å². The smallest absolute Gasteiger partial charge is 0.170 e. The van der Waals surface area contributed by atoms with Crippen LogP contribution in [0.4, 0.5) is 0 Å². The van der Waals surface area contributed by atoms with Crippen LogP contribution in [-0.2, 0) is 9.53 Å². The van der Waals surface area contributed by atoms with Gasteiger partial charge in [0.15, 0.2) is 5.78 Å². The van der Waals surface area contributed by atoms with Gasteiger partial charge >= 0.3 is 0 Å². The maximum absolute atomic E-state index is 12.1. The summed E-state index contributed by atoms with van der Waals surface area (Å²) in [4.78, 5) is 12.1. The number of hydrogen-bond acceptors (Lipinski definition) is 2. The topological polar surface area (TPSA) is 29.6 Å². The molecule has 0 aromatic carbocycles. The number of ether oxygens (including phenoxy) is 1. The molecule has 0 bridgehead atoms. The lowest BCUT2D eigenvalue weighted by Gasteiger charge is -2.23. The Labute approximate surface area is 87.0 Å². The van der Waals surface area contributed by atoms with E-state index in [0.29, 0.717) is 24.2 Å². The summed E-state index contributed by atoms with van der Waals surface area (Å²) in [6, 6.07) is 0. The third kappa shape index (κ3) is 2.57. The van der Waals surface area contributed by atoms with Gasteiger partial charge in [0.25, 0.3) is 0 Å². The summed E-state index contributed by atoms with van der Waals surface area (Å²) in [7, 11) is 0. The first-order valence-electron chi connectivity index (χ1n) is 5.55. The van der Waals surface area contributed by atoms with Crippen molar-refractivity contribution in [3.8, 4) is 0 Å². The molecule has 2 heteroatoms. The molecule has 0 N–H and O–H groups in total. The molecule has 1 heterocycles. The fourth-order valence-electron chi connectivity index (χ4n) is 1.83. The van der Waals surface area contributed by atoms with E-state index in [0.717, 1.165) is 6.42 Å². The minimum Gasteiger partial charge on any atom is -0.362 e. The Hall–Kier alpha value is -0.370. The van der Waals surface area contributed by atoms with Gasteiger partial charge < -0.3 is 4.74 Å². The van der Waals surface area contributed by atoms with Gasteiger partial charge in [0.1, 0.15) is 5.60 Å². The Balaban J connectivity index is 2.62. The molecule has 0 radical (unpaired) electrons. The summed E-state index contributed by atoms with van der Waals surface area (Å²) in [6.07, 6.45) is 0.982. The number of carbonyl (C=O) groups excluding carboxylic acids is 1. The highest BCUT2D eigenvalue weighted by Crippen LogP contribution is 2.34.